The van der Waals surface area contributed by atoms with Gasteiger partial charge in [0.25, 0.3) is 0 Å². The molecule has 2 heterocycles. The molecule has 0 radical (unpaired) electrons. The van der Waals surface area contributed by atoms with Gasteiger partial charge >= 0.3 is 11.6 Å². The van der Waals surface area contributed by atoms with E-state index in [0.29, 0.717) is 5.75 Å². The van der Waals surface area contributed by atoms with E-state index in [-0.39, 0.29) is 17.4 Å². The van der Waals surface area contributed by atoms with Crippen molar-refractivity contribution < 1.29 is 9.66 Å². The van der Waals surface area contributed by atoms with Crippen molar-refractivity contribution in [3.8, 4) is 11.6 Å². The third-order valence-electron chi connectivity index (χ3n) is 1.95. The Morgan fingerprint density at radius 2 is 2.29 bits per heavy atom. The molecule has 0 spiro atoms. The second-order valence-electron chi connectivity index (χ2n) is 3.27. The van der Waals surface area contributed by atoms with Crippen LogP contribution in [0.1, 0.15) is 0 Å². The third kappa shape index (κ3) is 2.30. The van der Waals surface area contributed by atoms with E-state index >= 15 is 0 Å². The maximum Gasteiger partial charge on any atom is 0.331 e. The molecule has 0 fully saturated rings. The molecule has 0 bridgehead atoms. The maximum atomic E-state index is 10.8. The van der Waals surface area contributed by atoms with Crippen molar-refractivity contribution in [1.29, 1.82) is 0 Å². The molecule has 0 aliphatic heterocycles. The van der Waals surface area contributed by atoms with Crippen LogP contribution in [0.4, 0.5) is 11.5 Å². The predicted octanol–water partition coefficient (Wildman–Crippen LogP) is 1.10. The molecule has 0 amide bonds. The number of hydrogen-bond donors (Lipinski definition) is 1. The van der Waals surface area contributed by atoms with Gasteiger partial charge in [-0.1, -0.05) is 0 Å². The van der Waals surface area contributed by atoms with Crippen LogP contribution in [-0.4, -0.2) is 19.7 Å². The average Bonchev–Trinajstić information content (AvgIpc) is 2.63. The molecular formula is C9H9N5O3. The lowest BCUT2D eigenvalue weighted by Crippen LogP contribution is -1.98. The highest BCUT2D eigenvalue weighted by atomic mass is 16.6. The third-order valence-corrected chi connectivity index (χ3v) is 1.95. The first-order valence-electron chi connectivity index (χ1n) is 4.63. The van der Waals surface area contributed by atoms with Crippen molar-refractivity contribution in [3.05, 3.63) is 34.6 Å². The highest BCUT2D eigenvalue weighted by Gasteiger charge is 2.18. The lowest BCUT2D eigenvalue weighted by atomic mass is 10.4. The van der Waals surface area contributed by atoms with E-state index in [2.05, 4.69) is 10.1 Å². The fraction of sp³-hybridized carbons (Fsp3) is 0.111. The largest absolute Gasteiger partial charge is 0.430 e. The Morgan fingerprint density at radius 1 is 1.53 bits per heavy atom. The first kappa shape index (κ1) is 10.9. The van der Waals surface area contributed by atoms with E-state index in [9.17, 15) is 10.1 Å². The van der Waals surface area contributed by atoms with Crippen molar-refractivity contribution in [2.45, 2.75) is 0 Å². The van der Waals surface area contributed by atoms with Crippen molar-refractivity contribution in [2.75, 3.05) is 5.73 Å². The number of ether oxygens (including phenoxy) is 1. The van der Waals surface area contributed by atoms with Gasteiger partial charge in [0, 0.05) is 13.1 Å². The van der Waals surface area contributed by atoms with Crippen molar-refractivity contribution in [2.24, 2.45) is 7.05 Å². The number of pyridine rings is 1. The van der Waals surface area contributed by atoms with Crippen LogP contribution < -0.4 is 10.5 Å². The van der Waals surface area contributed by atoms with Crippen molar-refractivity contribution in [3.63, 3.8) is 0 Å². The second-order valence-corrected chi connectivity index (χ2v) is 3.27. The van der Waals surface area contributed by atoms with Crippen LogP contribution in [0, 0.1) is 10.1 Å². The van der Waals surface area contributed by atoms with Gasteiger partial charge in [0.15, 0.2) is 5.75 Å². The van der Waals surface area contributed by atoms with Gasteiger partial charge in [-0.25, -0.2) is 0 Å². The van der Waals surface area contributed by atoms with Crippen LogP contribution in [0.25, 0.3) is 0 Å². The molecule has 2 aromatic rings. The van der Waals surface area contributed by atoms with Gasteiger partial charge < -0.3 is 10.5 Å². The van der Waals surface area contributed by atoms with Gasteiger partial charge in [0.1, 0.15) is 5.82 Å². The molecule has 8 nitrogen and oxygen atoms in total. The van der Waals surface area contributed by atoms with E-state index in [4.69, 9.17) is 10.5 Å². The Bertz CT molecular complexity index is 566. The molecule has 0 saturated carbocycles. The molecule has 88 valence electrons. The number of aryl methyl sites for hydroxylation is 1. The van der Waals surface area contributed by atoms with Gasteiger partial charge in [-0.15, -0.1) is 0 Å². The summed E-state index contributed by atoms with van der Waals surface area (Å²) in [5, 5.41) is 14.6. The summed E-state index contributed by atoms with van der Waals surface area (Å²) >= 11 is 0. The van der Waals surface area contributed by atoms with E-state index < -0.39 is 4.92 Å². The number of hydrogen-bond acceptors (Lipinski definition) is 6. The molecule has 0 unspecified atom stereocenters. The Hall–Kier alpha value is -2.64. The topological polar surface area (TPSA) is 109 Å². The summed E-state index contributed by atoms with van der Waals surface area (Å²) in [6, 6.07) is 2.59. The molecule has 0 atom stereocenters. The monoisotopic (exact) mass is 235 g/mol. The Morgan fingerprint density at radius 3 is 2.88 bits per heavy atom. The Balaban J connectivity index is 2.37. The van der Waals surface area contributed by atoms with Gasteiger partial charge in [-0.3, -0.25) is 14.8 Å². The lowest BCUT2D eigenvalue weighted by Gasteiger charge is -2.03. The molecule has 0 aliphatic carbocycles. The van der Waals surface area contributed by atoms with E-state index in [1.54, 1.807) is 13.2 Å². The van der Waals surface area contributed by atoms with Crippen molar-refractivity contribution >= 4 is 11.5 Å². The minimum Gasteiger partial charge on any atom is -0.430 e. The molecule has 0 aromatic carbocycles. The highest BCUT2D eigenvalue weighted by molar-refractivity contribution is 5.48. The fourth-order valence-corrected chi connectivity index (χ4v) is 1.22. The number of aromatic nitrogens is 3. The van der Waals surface area contributed by atoms with Crippen LogP contribution in [0.15, 0.2) is 24.5 Å². The normalized spacial score (nSPS) is 10.2. The van der Waals surface area contributed by atoms with Gasteiger partial charge in [0.2, 0.25) is 0 Å². The van der Waals surface area contributed by atoms with Crippen LogP contribution in [-0.2, 0) is 7.05 Å². The summed E-state index contributed by atoms with van der Waals surface area (Å²) in [7, 11) is 1.70. The smallest absolute Gasteiger partial charge is 0.331 e. The minimum atomic E-state index is -0.585. The summed E-state index contributed by atoms with van der Waals surface area (Å²) < 4.78 is 6.76. The number of anilines is 1. The number of nitrogen functional groups attached to an aromatic ring is 1. The van der Waals surface area contributed by atoms with Gasteiger partial charge in [-0.2, -0.15) is 10.1 Å². The van der Waals surface area contributed by atoms with Gasteiger partial charge in [0.05, 0.1) is 17.3 Å². The summed E-state index contributed by atoms with van der Waals surface area (Å²) in [5.74, 6) is 0.353. The SMILES string of the molecule is Cn1cc(Oc2nc(N)ccc2[N+](=O)[O-])cn1. The lowest BCUT2D eigenvalue weighted by molar-refractivity contribution is -0.386. The van der Waals surface area contributed by atoms with Crippen LogP contribution in [0.5, 0.6) is 11.6 Å². The number of nitrogens with zero attached hydrogens (tertiary/aromatic N) is 4. The van der Waals surface area contributed by atoms with Crippen molar-refractivity contribution in [1.82, 2.24) is 14.8 Å². The number of rotatable bonds is 3. The zero-order valence-electron chi connectivity index (χ0n) is 8.90. The molecule has 0 aliphatic rings. The first-order chi connectivity index (χ1) is 8.06. The zero-order valence-corrected chi connectivity index (χ0v) is 8.90. The molecule has 8 heteroatoms. The molecule has 2 aromatic heterocycles. The van der Waals surface area contributed by atoms with Crippen LogP contribution >= 0.6 is 0 Å². The predicted molar refractivity (Wildman–Crippen MR) is 58.6 cm³/mol. The van der Waals surface area contributed by atoms with E-state index in [0.717, 1.165) is 0 Å². The number of nitro groups is 1. The maximum absolute atomic E-state index is 10.8. The summed E-state index contributed by atoms with van der Waals surface area (Å²) in [6.07, 6.45) is 2.99. The van der Waals surface area contributed by atoms with Gasteiger partial charge in [-0.05, 0) is 6.07 Å². The fourth-order valence-electron chi connectivity index (χ4n) is 1.22. The summed E-state index contributed by atoms with van der Waals surface area (Å²) in [6.45, 7) is 0. The molecule has 0 saturated heterocycles. The molecule has 2 N–H and O–H groups in total. The number of nitrogens with two attached hydrogens (primary N) is 1. The Kier molecular flexibility index (Phi) is 2.61. The molecule has 17 heavy (non-hydrogen) atoms. The highest BCUT2D eigenvalue weighted by Crippen LogP contribution is 2.29. The van der Waals surface area contributed by atoms with E-state index in [1.807, 2.05) is 0 Å². The minimum absolute atomic E-state index is 0.148. The standard InChI is InChI=1S/C9H9N5O3/c1-13-5-6(4-11-13)17-9-7(14(15)16)2-3-8(10)12-9/h2-5H,1H3,(H2,10,12). The second kappa shape index (κ2) is 4.08. The zero-order chi connectivity index (χ0) is 12.4. The molecule has 2 rings (SSSR count). The average molecular weight is 235 g/mol. The summed E-state index contributed by atoms with van der Waals surface area (Å²) in [5.41, 5.74) is 5.20. The van der Waals surface area contributed by atoms with E-state index in [1.165, 1.54) is 23.0 Å². The first-order valence-corrected chi connectivity index (χ1v) is 4.63. The summed E-state index contributed by atoms with van der Waals surface area (Å²) in [4.78, 5) is 13.9. The molecular weight excluding hydrogens is 226 g/mol. The quantitative estimate of drug-likeness (QED) is 0.630. The van der Waals surface area contributed by atoms with Crippen LogP contribution in [0.3, 0.4) is 0 Å². The Labute approximate surface area is 95.8 Å². The van der Waals surface area contributed by atoms with Crippen LogP contribution in [0.2, 0.25) is 0 Å².